The second kappa shape index (κ2) is 3.62. The highest BCUT2D eigenvalue weighted by Crippen LogP contribution is 2.60. The molecule has 0 N–H and O–H groups in total. The van der Waals surface area contributed by atoms with Crippen LogP contribution in [0.2, 0.25) is 0 Å². The molecule has 0 heterocycles. The Morgan fingerprint density at radius 1 is 0.833 bits per heavy atom. The molecule has 4 bridgehead atoms. The average Bonchev–Trinajstić information content (AvgIpc) is 2.31. The van der Waals surface area contributed by atoms with Crippen molar-refractivity contribution in [1.82, 2.24) is 0 Å². The quantitative estimate of drug-likeness (QED) is 0.663. The van der Waals surface area contributed by atoms with Gasteiger partial charge in [0.2, 0.25) is 0 Å². The van der Waals surface area contributed by atoms with Crippen LogP contribution >= 0.6 is 0 Å². The summed E-state index contributed by atoms with van der Waals surface area (Å²) in [6, 6.07) is 7.29. The molecule has 96 valence electrons. The van der Waals surface area contributed by atoms with Crippen molar-refractivity contribution in [3.8, 4) is 0 Å². The summed E-state index contributed by atoms with van der Waals surface area (Å²) in [5.41, 5.74) is 5.18. The smallest absolute Gasteiger partial charge is 0.00390 e. The van der Waals surface area contributed by atoms with Crippen LogP contribution in [0.5, 0.6) is 0 Å². The van der Waals surface area contributed by atoms with Crippen molar-refractivity contribution < 1.29 is 0 Å². The molecule has 1 aromatic rings. The summed E-state index contributed by atoms with van der Waals surface area (Å²) in [6.07, 6.45) is 9.10. The van der Waals surface area contributed by atoms with Crippen LogP contribution in [0.25, 0.3) is 0 Å². The summed E-state index contributed by atoms with van der Waals surface area (Å²) >= 11 is 0. The average molecular weight is 240 g/mol. The fourth-order valence-electron chi connectivity index (χ4n) is 5.54. The Bertz CT molecular complexity index is 448. The zero-order chi connectivity index (χ0) is 12.3. The van der Waals surface area contributed by atoms with Crippen LogP contribution in [0, 0.1) is 31.6 Å². The molecule has 0 spiro atoms. The van der Waals surface area contributed by atoms with E-state index in [2.05, 4.69) is 32.0 Å². The third-order valence-corrected chi connectivity index (χ3v) is 6.16. The van der Waals surface area contributed by atoms with Crippen molar-refractivity contribution in [2.75, 3.05) is 0 Å². The van der Waals surface area contributed by atoms with Gasteiger partial charge in [0, 0.05) is 0 Å². The van der Waals surface area contributed by atoms with E-state index in [4.69, 9.17) is 0 Å². The first-order valence-electron chi connectivity index (χ1n) is 7.72. The number of hydrogen-bond acceptors (Lipinski definition) is 0. The van der Waals surface area contributed by atoms with Gasteiger partial charge in [0.25, 0.3) is 0 Å². The third kappa shape index (κ3) is 1.51. The first kappa shape index (κ1) is 11.1. The summed E-state index contributed by atoms with van der Waals surface area (Å²) in [5, 5.41) is 0. The first-order chi connectivity index (χ1) is 8.64. The van der Waals surface area contributed by atoms with E-state index in [0.717, 1.165) is 17.8 Å². The van der Waals surface area contributed by atoms with Crippen molar-refractivity contribution in [3.63, 3.8) is 0 Å². The molecule has 0 amide bonds. The van der Waals surface area contributed by atoms with Crippen molar-refractivity contribution in [3.05, 3.63) is 34.9 Å². The molecule has 0 saturated heterocycles. The molecule has 0 nitrogen and oxygen atoms in total. The number of aryl methyl sites for hydroxylation is 2. The van der Waals surface area contributed by atoms with Gasteiger partial charge in [-0.05, 0) is 92.2 Å². The van der Waals surface area contributed by atoms with Gasteiger partial charge in [-0.3, -0.25) is 0 Å². The van der Waals surface area contributed by atoms with E-state index in [1.165, 1.54) is 30.4 Å². The number of rotatable bonds is 1. The minimum atomic E-state index is 0.577. The van der Waals surface area contributed by atoms with E-state index in [0.29, 0.717) is 5.41 Å². The zero-order valence-electron chi connectivity index (χ0n) is 11.7. The molecule has 4 saturated carbocycles. The second-order valence-electron chi connectivity index (χ2n) is 7.50. The molecule has 0 atom stereocenters. The van der Waals surface area contributed by atoms with E-state index in [1.54, 1.807) is 24.8 Å². The molecule has 0 heteroatoms. The molecule has 4 fully saturated rings. The van der Waals surface area contributed by atoms with E-state index in [-0.39, 0.29) is 0 Å². The maximum atomic E-state index is 2.50. The lowest BCUT2D eigenvalue weighted by Crippen LogP contribution is -2.48. The molecule has 1 aromatic carbocycles. The van der Waals surface area contributed by atoms with Crippen molar-refractivity contribution >= 4 is 0 Å². The van der Waals surface area contributed by atoms with E-state index in [1.807, 2.05) is 0 Å². The molecule has 0 unspecified atom stereocenters. The molecule has 0 aliphatic heterocycles. The van der Waals surface area contributed by atoms with Crippen LogP contribution in [-0.2, 0) is 5.41 Å². The predicted octanol–water partition coefficient (Wildman–Crippen LogP) is 4.77. The van der Waals surface area contributed by atoms with E-state index in [9.17, 15) is 0 Å². The highest BCUT2D eigenvalue weighted by atomic mass is 14.6. The zero-order valence-corrected chi connectivity index (χ0v) is 11.7. The van der Waals surface area contributed by atoms with Gasteiger partial charge in [0.1, 0.15) is 0 Å². The first-order valence-corrected chi connectivity index (χ1v) is 7.72. The lowest BCUT2D eigenvalue weighted by molar-refractivity contribution is -0.00521. The Balaban J connectivity index is 1.76. The highest BCUT2D eigenvalue weighted by Gasteiger charge is 2.51. The van der Waals surface area contributed by atoms with Crippen LogP contribution in [0.3, 0.4) is 0 Å². The molecule has 0 aromatic heterocycles. The maximum Gasteiger partial charge on any atom is -0.00390 e. The topological polar surface area (TPSA) is 0 Å². The molecule has 4 aliphatic rings. The molecule has 5 rings (SSSR count). The van der Waals surface area contributed by atoms with Crippen LogP contribution in [0.15, 0.2) is 18.2 Å². The Hall–Kier alpha value is -0.780. The fourth-order valence-corrected chi connectivity index (χ4v) is 5.54. The molecule has 4 aliphatic carbocycles. The maximum absolute atomic E-state index is 2.50. The predicted molar refractivity (Wildman–Crippen MR) is 75.8 cm³/mol. The second-order valence-corrected chi connectivity index (χ2v) is 7.50. The highest BCUT2D eigenvalue weighted by molar-refractivity contribution is 5.36. The van der Waals surface area contributed by atoms with Gasteiger partial charge >= 0.3 is 0 Å². The van der Waals surface area contributed by atoms with Gasteiger partial charge in [-0.25, -0.2) is 0 Å². The largest absolute Gasteiger partial charge is 0.0588 e. The van der Waals surface area contributed by atoms with Crippen LogP contribution in [-0.4, -0.2) is 0 Å². The summed E-state index contributed by atoms with van der Waals surface area (Å²) in [6.45, 7) is 4.51. The Labute approximate surface area is 111 Å². The SMILES string of the molecule is Cc1ccc(C23CC4CC(CC(C4)C2)C3)cc1C. The van der Waals surface area contributed by atoms with Gasteiger partial charge in [-0.2, -0.15) is 0 Å². The summed E-state index contributed by atoms with van der Waals surface area (Å²) in [4.78, 5) is 0. The van der Waals surface area contributed by atoms with Gasteiger partial charge < -0.3 is 0 Å². The van der Waals surface area contributed by atoms with Crippen LogP contribution in [0.1, 0.15) is 55.2 Å². The number of hydrogen-bond donors (Lipinski definition) is 0. The van der Waals surface area contributed by atoms with Gasteiger partial charge in [0.05, 0.1) is 0 Å². The van der Waals surface area contributed by atoms with Crippen molar-refractivity contribution in [1.29, 1.82) is 0 Å². The Morgan fingerprint density at radius 3 is 1.89 bits per heavy atom. The minimum absolute atomic E-state index is 0.577. The number of benzene rings is 1. The summed E-state index contributed by atoms with van der Waals surface area (Å²) < 4.78 is 0. The van der Waals surface area contributed by atoms with Crippen molar-refractivity contribution in [2.24, 2.45) is 17.8 Å². The molecule has 18 heavy (non-hydrogen) atoms. The summed E-state index contributed by atoms with van der Waals surface area (Å²) in [7, 11) is 0. The molecular weight excluding hydrogens is 216 g/mol. The third-order valence-electron chi connectivity index (χ3n) is 6.16. The monoisotopic (exact) mass is 240 g/mol. The Morgan fingerprint density at radius 2 is 1.39 bits per heavy atom. The minimum Gasteiger partial charge on any atom is -0.0588 e. The fraction of sp³-hybridized carbons (Fsp3) is 0.667. The summed E-state index contributed by atoms with van der Waals surface area (Å²) in [5.74, 6) is 3.16. The van der Waals surface area contributed by atoms with Crippen LogP contribution < -0.4 is 0 Å². The lowest BCUT2D eigenvalue weighted by atomic mass is 9.48. The normalized spacial score (nSPS) is 41.3. The standard InChI is InChI=1S/C18H24/c1-12-3-4-17(5-13(12)2)18-9-14-6-15(10-18)8-16(7-14)11-18/h3-5,14-16H,6-11H2,1-2H3. The van der Waals surface area contributed by atoms with Crippen LogP contribution in [0.4, 0.5) is 0 Å². The van der Waals surface area contributed by atoms with Gasteiger partial charge in [-0.1, -0.05) is 18.2 Å². The molecule has 0 radical (unpaired) electrons. The Kier molecular flexibility index (Phi) is 2.23. The van der Waals surface area contributed by atoms with Gasteiger partial charge in [-0.15, -0.1) is 0 Å². The van der Waals surface area contributed by atoms with E-state index < -0.39 is 0 Å². The lowest BCUT2D eigenvalue weighted by Gasteiger charge is -2.57. The van der Waals surface area contributed by atoms with E-state index >= 15 is 0 Å². The van der Waals surface area contributed by atoms with Gasteiger partial charge in [0.15, 0.2) is 0 Å². The molecular formula is C18H24. The van der Waals surface area contributed by atoms with Crippen molar-refractivity contribution in [2.45, 2.75) is 57.8 Å².